The Hall–Kier alpha value is -1.28. The van der Waals surface area contributed by atoms with Gasteiger partial charge in [-0.25, -0.2) is 0 Å². The second kappa shape index (κ2) is 4.53. The van der Waals surface area contributed by atoms with E-state index in [-0.39, 0.29) is 0 Å². The van der Waals surface area contributed by atoms with E-state index in [4.69, 9.17) is 0 Å². The van der Waals surface area contributed by atoms with Gasteiger partial charge in [-0.3, -0.25) is 4.90 Å². The van der Waals surface area contributed by atoms with Gasteiger partial charge >= 0.3 is 0 Å². The summed E-state index contributed by atoms with van der Waals surface area (Å²) in [6.07, 6.45) is 4.76. The Morgan fingerprint density at radius 2 is 2.29 bits per heavy atom. The second-order valence-corrected chi connectivity index (χ2v) is 5.38. The minimum atomic E-state index is 0.859. The van der Waals surface area contributed by atoms with Gasteiger partial charge in [0.05, 0.1) is 0 Å². The van der Waals surface area contributed by atoms with E-state index >= 15 is 0 Å². The molecule has 0 amide bonds. The van der Waals surface area contributed by atoms with Crippen molar-refractivity contribution in [2.45, 2.75) is 26.3 Å². The normalized spacial score (nSPS) is 22.1. The summed E-state index contributed by atoms with van der Waals surface area (Å²) in [5.41, 5.74) is 2.68. The van der Waals surface area contributed by atoms with Crippen molar-refractivity contribution in [3.63, 3.8) is 0 Å². The maximum Gasteiger partial charge on any atom is 0.0457 e. The molecule has 0 aliphatic carbocycles. The van der Waals surface area contributed by atoms with Crippen LogP contribution in [0.5, 0.6) is 0 Å². The van der Waals surface area contributed by atoms with Crippen molar-refractivity contribution in [3.8, 4) is 0 Å². The molecule has 1 aromatic heterocycles. The number of hydrogen-bond donors (Lipinski definition) is 1. The summed E-state index contributed by atoms with van der Waals surface area (Å²) < 4.78 is 0. The minimum Gasteiger partial charge on any atom is -0.361 e. The maximum absolute atomic E-state index is 3.29. The van der Waals surface area contributed by atoms with E-state index < -0.39 is 0 Å². The molecule has 1 aliphatic heterocycles. The summed E-state index contributed by atoms with van der Waals surface area (Å²) in [6.45, 7) is 5.97. The van der Waals surface area contributed by atoms with E-state index in [1.165, 1.54) is 42.4 Å². The third-order valence-electron chi connectivity index (χ3n) is 3.77. The van der Waals surface area contributed by atoms with Gasteiger partial charge in [0.15, 0.2) is 0 Å². The van der Waals surface area contributed by atoms with E-state index in [1.54, 1.807) is 0 Å². The summed E-state index contributed by atoms with van der Waals surface area (Å²) in [5.74, 6) is 0.859. The Morgan fingerprint density at radius 3 is 3.18 bits per heavy atom. The topological polar surface area (TPSA) is 19.0 Å². The molecule has 2 heterocycles. The van der Waals surface area contributed by atoms with Crippen LogP contribution in [-0.2, 0) is 6.54 Å². The fourth-order valence-electron chi connectivity index (χ4n) is 2.88. The Labute approximate surface area is 103 Å². The molecule has 1 fully saturated rings. The lowest BCUT2D eigenvalue weighted by atomic mass is 10.00. The summed E-state index contributed by atoms with van der Waals surface area (Å²) in [4.78, 5) is 5.87. The molecule has 1 atom stereocenters. The highest BCUT2D eigenvalue weighted by Gasteiger charge is 2.16. The van der Waals surface area contributed by atoms with Crippen LogP contribution in [0.25, 0.3) is 10.9 Å². The fourth-order valence-corrected chi connectivity index (χ4v) is 2.88. The smallest absolute Gasteiger partial charge is 0.0457 e. The number of rotatable bonds is 2. The number of fused-ring (bicyclic) bond motifs is 1. The van der Waals surface area contributed by atoms with Crippen LogP contribution in [0.4, 0.5) is 0 Å². The van der Waals surface area contributed by atoms with Crippen molar-refractivity contribution in [1.29, 1.82) is 0 Å². The molecule has 3 rings (SSSR count). The second-order valence-electron chi connectivity index (χ2n) is 5.38. The molecule has 90 valence electrons. The molecule has 0 saturated carbocycles. The number of piperidine rings is 1. The molecule has 0 bridgehead atoms. The number of benzene rings is 1. The molecule has 2 heteroatoms. The molecule has 17 heavy (non-hydrogen) atoms. The highest BCUT2D eigenvalue weighted by atomic mass is 15.1. The third kappa shape index (κ3) is 2.37. The predicted octanol–water partition coefficient (Wildman–Crippen LogP) is 3.40. The largest absolute Gasteiger partial charge is 0.361 e. The number of hydrogen-bond acceptors (Lipinski definition) is 1. The van der Waals surface area contributed by atoms with Crippen LogP contribution in [0.2, 0.25) is 0 Å². The molecular weight excluding hydrogens is 208 g/mol. The molecule has 1 N–H and O–H groups in total. The predicted molar refractivity (Wildman–Crippen MR) is 72.0 cm³/mol. The molecule has 2 aromatic rings. The lowest BCUT2D eigenvalue weighted by molar-refractivity contribution is 0.176. The van der Waals surface area contributed by atoms with E-state index in [2.05, 4.69) is 41.1 Å². The zero-order valence-electron chi connectivity index (χ0n) is 10.4. The minimum absolute atomic E-state index is 0.859. The van der Waals surface area contributed by atoms with Gasteiger partial charge in [-0.1, -0.05) is 19.1 Å². The van der Waals surface area contributed by atoms with Crippen molar-refractivity contribution in [3.05, 3.63) is 36.0 Å². The maximum atomic E-state index is 3.29. The Kier molecular flexibility index (Phi) is 2.89. The van der Waals surface area contributed by atoms with Crippen molar-refractivity contribution < 1.29 is 0 Å². The molecule has 0 radical (unpaired) electrons. The summed E-state index contributed by atoms with van der Waals surface area (Å²) in [6, 6.07) is 8.89. The molecule has 1 aliphatic rings. The van der Waals surface area contributed by atoms with Crippen molar-refractivity contribution >= 4 is 10.9 Å². The lowest BCUT2D eigenvalue weighted by Crippen LogP contribution is -2.33. The first-order valence-electron chi connectivity index (χ1n) is 6.59. The molecule has 1 saturated heterocycles. The fraction of sp³-hybridized carbons (Fsp3) is 0.467. The monoisotopic (exact) mass is 228 g/mol. The Morgan fingerprint density at radius 1 is 1.35 bits per heavy atom. The molecule has 0 spiro atoms. The zero-order valence-corrected chi connectivity index (χ0v) is 10.4. The molecule has 2 nitrogen and oxygen atoms in total. The summed E-state index contributed by atoms with van der Waals surface area (Å²) in [7, 11) is 0. The van der Waals surface area contributed by atoms with Gasteiger partial charge in [-0.15, -0.1) is 0 Å². The molecule has 1 aromatic carbocycles. The van der Waals surface area contributed by atoms with Crippen molar-refractivity contribution in [2.24, 2.45) is 5.92 Å². The van der Waals surface area contributed by atoms with Gasteiger partial charge in [-0.05, 0) is 48.4 Å². The van der Waals surface area contributed by atoms with E-state index in [0.717, 1.165) is 12.5 Å². The standard InChI is InChI=1S/C15H20N2/c1-12-3-2-8-17(10-12)11-13-4-5-14-6-7-16-15(14)9-13/h4-7,9,12,16H,2-3,8,10-11H2,1H3. The van der Waals surface area contributed by atoms with Crippen LogP contribution < -0.4 is 0 Å². The summed E-state index contributed by atoms with van der Waals surface area (Å²) >= 11 is 0. The van der Waals surface area contributed by atoms with Crippen LogP contribution in [-0.4, -0.2) is 23.0 Å². The highest BCUT2D eigenvalue weighted by molar-refractivity contribution is 5.79. The third-order valence-corrected chi connectivity index (χ3v) is 3.77. The Bertz CT molecular complexity index is 500. The first-order chi connectivity index (χ1) is 8.31. The van der Waals surface area contributed by atoms with Crippen LogP contribution in [0, 0.1) is 5.92 Å². The van der Waals surface area contributed by atoms with Crippen LogP contribution in [0.1, 0.15) is 25.3 Å². The van der Waals surface area contributed by atoms with Crippen molar-refractivity contribution in [1.82, 2.24) is 9.88 Å². The van der Waals surface area contributed by atoms with E-state index in [1.807, 2.05) is 6.20 Å². The first kappa shape index (κ1) is 10.8. The summed E-state index contributed by atoms with van der Waals surface area (Å²) in [5, 5.41) is 1.31. The number of aromatic amines is 1. The SMILES string of the molecule is CC1CCCN(Cc2ccc3cc[nH]c3c2)C1. The van der Waals surface area contributed by atoms with Crippen molar-refractivity contribution in [2.75, 3.05) is 13.1 Å². The quantitative estimate of drug-likeness (QED) is 0.834. The number of nitrogens with one attached hydrogen (secondary N) is 1. The van der Waals surface area contributed by atoms with Gasteiger partial charge in [0.25, 0.3) is 0 Å². The van der Waals surface area contributed by atoms with E-state index in [0.29, 0.717) is 0 Å². The van der Waals surface area contributed by atoms with Crippen LogP contribution in [0.3, 0.4) is 0 Å². The average Bonchev–Trinajstić information content (AvgIpc) is 2.76. The number of H-pyrrole nitrogens is 1. The van der Waals surface area contributed by atoms with Crippen LogP contribution in [0.15, 0.2) is 30.5 Å². The number of aromatic nitrogens is 1. The highest BCUT2D eigenvalue weighted by Crippen LogP contribution is 2.20. The number of nitrogens with zero attached hydrogens (tertiary/aromatic N) is 1. The lowest BCUT2D eigenvalue weighted by Gasteiger charge is -2.30. The van der Waals surface area contributed by atoms with Crippen LogP contribution >= 0.6 is 0 Å². The van der Waals surface area contributed by atoms with Gasteiger partial charge in [0.1, 0.15) is 0 Å². The van der Waals surface area contributed by atoms with E-state index in [9.17, 15) is 0 Å². The molecular formula is C15H20N2. The average molecular weight is 228 g/mol. The van der Waals surface area contributed by atoms with Gasteiger partial charge < -0.3 is 4.98 Å². The zero-order chi connectivity index (χ0) is 11.7. The first-order valence-corrected chi connectivity index (χ1v) is 6.59. The Balaban J connectivity index is 1.75. The molecule has 1 unspecified atom stereocenters. The number of likely N-dealkylation sites (tertiary alicyclic amines) is 1. The van der Waals surface area contributed by atoms with Gasteiger partial charge in [0.2, 0.25) is 0 Å². The van der Waals surface area contributed by atoms with Gasteiger partial charge in [0, 0.05) is 24.8 Å². The van der Waals surface area contributed by atoms with Gasteiger partial charge in [-0.2, -0.15) is 0 Å².